The van der Waals surface area contributed by atoms with Gasteiger partial charge in [-0.1, -0.05) is 18.9 Å². The van der Waals surface area contributed by atoms with Gasteiger partial charge in [0.15, 0.2) is 0 Å². The minimum Gasteiger partial charge on any atom is -0.323 e. The molecule has 0 fully saturated rings. The van der Waals surface area contributed by atoms with E-state index < -0.39 is 0 Å². The van der Waals surface area contributed by atoms with Crippen LogP contribution in [-0.2, 0) is 0 Å². The third-order valence-electron chi connectivity index (χ3n) is 2.67. The molecule has 0 aliphatic heterocycles. The Labute approximate surface area is 111 Å². The van der Waals surface area contributed by atoms with Gasteiger partial charge in [-0.2, -0.15) is 0 Å². The molecule has 0 aromatic carbocycles. The van der Waals surface area contributed by atoms with Crippen molar-refractivity contribution in [2.75, 3.05) is 0 Å². The summed E-state index contributed by atoms with van der Waals surface area (Å²) in [7, 11) is 0. The molecule has 1 rings (SSSR count). The van der Waals surface area contributed by atoms with Crippen molar-refractivity contribution in [1.29, 1.82) is 0 Å². The van der Waals surface area contributed by atoms with Crippen LogP contribution in [0.5, 0.6) is 0 Å². The molecule has 0 saturated carbocycles. The Morgan fingerprint density at radius 3 is 2.81 bits per heavy atom. The molecule has 0 aliphatic carbocycles. The lowest BCUT2D eigenvalue weighted by Gasteiger charge is -2.08. The minimum absolute atomic E-state index is 0.207. The molecule has 1 aromatic heterocycles. The standard InChI is InChI=1S/C13H20BrNS/c1-3-4-5-6-7-8-11(15)12-9-10(2)13(14)16-12/h3,9,11H,1,4-8,15H2,2H3. The zero-order valence-corrected chi connectivity index (χ0v) is 12.2. The molecule has 0 aliphatic rings. The van der Waals surface area contributed by atoms with Crippen molar-refractivity contribution in [3.63, 3.8) is 0 Å². The maximum Gasteiger partial charge on any atom is 0.0731 e. The molecular weight excluding hydrogens is 282 g/mol. The Balaban J connectivity index is 2.29. The van der Waals surface area contributed by atoms with Crippen LogP contribution in [0.4, 0.5) is 0 Å². The summed E-state index contributed by atoms with van der Waals surface area (Å²) in [6, 6.07) is 2.40. The molecule has 0 spiro atoms. The van der Waals surface area contributed by atoms with E-state index >= 15 is 0 Å². The summed E-state index contributed by atoms with van der Waals surface area (Å²) in [5.41, 5.74) is 7.45. The molecule has 1 atom stereocenters. The zero-order chi connectivity index (χ0) is 12.0. The lowest BCUT2D eigenvalue weighted by atomic mass is 10.1. The highest BCUT2D eigenvalue weighted by molar-refractivity contribution is 9.11. The molecule has 1 unspecified atom stereocenters. The van der Waals surface area contributed by atoms with E-state index in [2.05, 4.69) is 35.5 Å². The first kappa shape index (κ1) is 13.9. The van der Waals surface area contributed by atoms with Crippen molar-refractivity contribution < 1.29 is 0 Å². The van der Waals surface area contributed by atoms with Gasteiger partial charge in [0.2, 0.25) is 0 Å². The first-order chi connectivity index (χ1) is 7.65. The average molecular weight is 302 g/mol. The fraction of sp³-hybridized carbons (Fsp3) is 0.538. The van der Waals surface area contributed by atoms with Crippen LogP contribution in [0.3, 0.4) is 0 Å². The van der Waals surface area contributed by atoms with E-state index in [1.54, 1.807) is 11.3 Å². The number of halogens is 1. The van der Waals surface area contributed by atoms with E-state index in [-0.39, 0.29) is 6.04 Å². The number of thiophene rings is 1. The van der Waals surface area contributed by atoms with Gasteiger partial charge in [-0.05, 0) is 53.7 Å². The van der Waals surface area contributed by atoms with Crippen LogP contribution < -0.4 is 5.73 Å². The summed E-state index contributed by atoms with van der Waals surface area (Å²) in [5, 5.41) is 0. The highest BCUT2D eigenvalue weighted by Crippen LogP contribution is 2.32. The molecular formula is C13H20BrNS. The molecule has 2 N–H and O–H groups in total. The number of aryl methyl sites for hydroxylation is 1. The highest BCUT2D eigenvalue weighted by atomic mass is 79.9. The SMILES string of the molecule is C=CCCCCCC(N)c1cc(C)c(Br)s1. The van der Waals surface area contributed by atoms with Crippen molar-refractivity contribution >= 4 is 27.3 Å². The second-order valence-electron chi connectivity index (χ2n) is 4.14. The monoisotopic (exact) mass is 301 g/mol. The topological polar surface area (TPSA) is 26.0 Å². The molecule has 1 aromatic rings. The Bertz CT molecular complexity index is 313. The van der Waals surface area contributed by atoms with Gasteiger partial charge in [0.1, 0.15) is 0 Å². The van der Waals surface area contributed by atoms with Gasteiger partial charge >= 0.3 is 0 Å². The summed E-state index contributed by atoms with van der Waals surface area (Å²) in [4.78, 5) is 1.30. The number of hydrogen-bond donors (Lipinski definition) is 1. The van der Waals surface area contributed by atoms with Crippen LogP contribution in [0.15, 0.2) is 22.5 Å². The lowest BCUT2D eigenvalue weighted by Crippen LogP contribution is -2.08. The summed E-state index contributed by atoms with van der Waals surface area (Å²) in [6.45, 7) is 5.84. The zero-order valence-electron chi connectivity index (χ0n) is 9.84. The van der Waals surface area contributed by atoms with E-state index in [0.717, 1.165) is 12.8 Å². The average Bonchev–Trinajstić information content (AvgIpc) is 2.59. The Morgan fingerprint density at radius 1 is 1.50 bits per heavy atom. The van der Waals surface area contributed by atoms with Crippen LogP contribution in [0.2, 0.25) is 0 Å². The highest BCUT2D eigenvalue weighted by Gasteiger charge is 2.10. The molecule has 3 heteroatoms. The second kappa shape index (κ2) is 7.25. The smallest absolute Gasteiger partial charge is 0.0731 e. The number of hydrogen-bond acceptors (Lipinski definition) is 2. The van der Waals surface area contributed by atoms with Gasteiger partial charge in [0.25, 0.3) is 0 Å². The maximum atomic E-state index is 6.16. The van der Waals surface area contributed by atoms with Crippen LogP contribution in [-0.4, -0.2) is 0 Å². The molecule has 0 radical (unpaired) electrons. The first-order valence-corrected chi connectivity index (χ1v) is 7.38. The summed E-state index contributed by atoms with van der Waals surface area (Å²) in [5.74, 6) is 0. The molecule has 0 bridgehead atoms. The molecule has 0 saturated heterocycles. The summed E-state index contributed by atoms with van der Waals surface area (Å²) < 4.78 is 1.21. The van der Waals surface area contributed by atoms with Crippen LogP contribution in [0.1, 0.15) is 48.6 Å². The first-order valence-electron chi connectivity index (χ1n) is 5.77. The Hall–Kier alpha value is -0.120. The Morgan fingerprint density at radius 2 is 2.25 bits per heavy atom. The number of rotatable bonds is 7. The predicted octanol–water partition coefficient (Wildman–Crippen LogP) is 4.96. The van der Waals surface area contributed by atoms with Crippen molar-refractivity contribution in [2.24, 2.45) is 5.73 Å². The van der Waals surface area contributed by atoms with Crippen LogP contribution >= 0.6 is 27.3 Å². The molecule has 1 nitrogen and oxygen atoms in total. The fourth-order valence-electron chi connectivity index (χ4n) is 1.64. The van der Waals surface area contributed by atoms with Gasteiger partial charge in [-0.15, -0.1) is 17.9 Å². The van der Waals surface area contributed by atoms with Crippen LogP contribution in [0, 0.1) is 6.92 Å². The summed E-state index contributed by atoms with van der Waals surface area (Å²) >= 11 is 5.30. The molecule has 1 heterocycles. The lowest BCUT2D eigenvalue weighted by molar-refractivity contribution is 0.578. The number of allylic oxidation sites excluding steroid dienone is 1. The number of nitrogens with two attached hydrogens (primary N) is 1. The van der Waals surface area contributed by atoms with E-state index in [9.17, 15) is 0 Å². The van der Waals surface area contributed by atoms with Crippen LogP contribution in [0.25, 0.3) is 0 Å². The predicted molar refractivity (Wildman–Crippen MR) is 77.0 cm³/mol. The fourth-order valence-corrected chi connectivity index (χ4v) is 3.25. The quantitative estimate of drug-likeness (QED) is 0.559. The normalized spacial score (nSPS) is 12.7. The van der Waals surface area contributed by atoms with Gasteiger partial charge < -0.3 is 5.73 Å². The second-order valence-corrected chi connectivity index (χ2v) is 6.54. The van der Waals surface area contributed by atoms with E-state index in [1.165, 1.54) is 33.5 Å². The van der Waals surface area contributed by atoms with Gasteiger partial charge in [-0.3, -0.25) is 0 Å². The van der Waals surface area contributed by atoms with Crippen molar-refractivity contribution in [2.45, 2.75) is 45.1 Å². The third-order valence-corrected chi connectivity index (χ3v) is 4.93. The largest absolute Gasteiger partial charge is 0.323 e. The molecule has 90 valence electrons. The van der Waals surface area contributed by atoms with E-state index in [4.69, 9.17) is 5.73 Å². The maximum absolute atomic E-state index is 6.16. The van der Waals surface area contributed by atoms with Crippen molar-refractivity contribution in [3.05, 3.63) is 32.9 Å². The number of unbranched alkanes of at least 4 members (excludes halogenated alkanes) is 3. The molecule has 0 amide bonds. The Kier molecular flexibility index (Phi) is 6.32. The minimum atomic E-state index is 0.207. The van der Waals surface area contributed by atoms with Gasteiger partial charge in [0, 0.05) is 10.9 Å². The van der Waals surface area contributed by atoms with E-state index in [0.29, 0.717) is 0 Å². The van der Waals surface area contributed by atoms with E-state index in [1.807, 2.05) is 6.08 Å². The third kappa shape index (κ3) is 4.40. The van der Waals surface area contributed by atoms with Gasteiger partial charge in [0.05, 0.1) is 3.79 Å². The van der Waals surface area contributed by atoms with Crippen molar-refractivity contribution in [1.82, 2.24) is 0 Å². The summed E-state index contributed by atoms with van der Waals surface area (Å²) in [6.07, 6.45) is 7.90. The van der Waals surface area contributed by atoms with Gasteiger partial charge in [-0.25, -0.2) is 0 Å². The molecule has 16 heavy (non-hydrogen) atoms. The van der Waals surface area contributed by atoms with Crippen molar-refractivity contribution in [3.8, 4) is 0 Å².